The van der Waals surface area contributed by atoms with Gasteiger partial charge in [-0.05, 0) is 75.8 Å². The Balaban J connectivity index is 1.93. The maximum absolute atomic E-state index is 11.6. The van der Waals surface area contributed by atoms with Gasteiger partial charge in [0.2, 0.25) is 0 Å². The summed E-state index contributed by atoms with van der Waals surface area (Å²) >= 11 is 0. The minimum absolute atomic E-state index is 0.0965. The lowest BCUT2D eigenvalue weighted by atomic mass is 9.91. The highest BCUT2D eigenvalue weighted by Gasteiger charge is 2.37. The third kappa shape index (κ3) is 6.74. The number of hydrogen-bond donors (Lipinski definition) is 1. The molecule has 0 amide bonds. The smallest absolute Gasteiger partial charge is 0.273 e. The molecule has 0 radical (unpaired) electrons. The van der Waals surface area contributed by atoms with Crippen LogP contribution in [0.4, 0.5) is 0 Å². The Bertz CT molecular complexity index is 817. The summed E-state index contributed by atoms with van der Waals surface area (Å²) in [7, 11) is -4.19. The molecule has 0 saturated carbocycles. The number of hydrogen-bond acceptors (Lipinski definition) is 4. The lowest BCUT2D eigenvalue weighted by molar-refractivity contribution is 0.114. The van der Waals surface area contributed by atoms with Crippen LogP contribution in [0.1, 0.15) is 84.6 Å². The van der Waals surface area contributed by atoms with Crippen molar-refractivity contribution in [3.05, 3.63) is 35.9 Å². The maximum atomic E-state index is 11.6. The molecule has 2 unspecified atom stereocenters. The molecule has 0 aliphatic carbocycles. The molecule has 1 aliphatic heterocycles. The first-order valence-electron chi connectivity index (χ1n) is 11.2. The summed E-state index contributed by atoms with van der Waals surface area (Å²) in [5, 5.41) is 0. The zero-order chi connectivity index (χ0) is 22.3. The Morgan fingerprint density at radius 3 is 2.63 bits per heavy atom. The van der Waals surface area contributed by atoms with E-state index in [1.807, 2.05) is 12.1 Å². The molecule has 0 bridgehead atoms. The summed E-state index contributed by atoms with van der Waals surface area (Å²) in [6.45, 7) is 7.46. The van der Waals surface area contributed by atoms with E-state index in [1.165, 1.54) is 39.0 Å². The van der Waals surface area contributed by atoms with Crippen LogP contribution in [0, 0.1) is 0 Å². The van der Waals surface area contributed by atoms with Gasteiger partial charge in [-0.15, -0.1) is 0 Å². The van der Waals surface area contributed by atoms with Crippen LogP contribution in [-0.4, -0.2) is 29.9 Å². The quantitative estimate of drug-likeness (QED) is 0.242. The Morgan fingerprint density at radius 2 is 1.97 bits per heavy atom. The third-order valence-electron chi connectivity index (χ3n) is 6.13. The molecule has 1 aromatic carbocycles. The first kappa shape index (κ1) is 24.7. The summed E-state index contributed by atoms with van der Waals surface area (Å²) in [6, 6.07) is 5.59. The SMILES string of the molecule is CCCCCCC/C=C/C1(C)CCc2cc(OCC(C)(CC)S(=O)(=O)O)ccc2O1. The highest BCUT2D eigenvalue weighted by Crippen LogP contribution is 2.36. The van der Waals surface area contributed by atoms with Crippen molar-refractivity contribution in [2.45, 2.75) is 95.8 Å². The lowest BCUT2D eigenvalue weighted by Gasteiger charge is -2.34. The number of unbranched alkanes of at least 4 members (excludes halogenated alkanes) is 5. The summed E-state index contributed by atoms with van der Waals surface area (Å²) in [5.74, 6) is 1.43. The van der Waals surface area contributed by atoms with Crippen LogP contribution >= 0.6 is 0 Å². The molecule has 2 atom stereocenters. The Kier molecular flexibility index (Phi) is 8.80. The van der Waals surface area contributed by atoms with E-state index in [4.69, 9.17) is 9.47 Å². The van der Waals surface area contributed by atoms with Crippen LogP contribution in [-0.2, 0) is 16.5 Å². The van der Waals surface area contributed by atoms with Crippen LogP contribution in [0.15, 0.2) is 30.4 Å². The molecule has 1 aromatic rings. The van der Waals surface area contributed by atoms with Crippen LogP contribution in [0.2, 0.25) is 0 Å². The van der Waals surface area contributed by atoms with Crippen molar-refractivity contribution in [3.8, 4) is 11.5 Å². The molecule has 5 nitrogen and oxygen atoms in total. The average Bonchev–Trinajstić information content (AvgIpc) is 2.70. The molecule has 1 aliphatic rings. The van der Waals surface area contributed by atoms with Gasteiger partial charge in [0, 0.05) is 0 Å². The fourth-order valence-corrected chi connectivity index (χ4v) is 4.11. The van der Waals surface area contributed by atoms with E-state index in [0.29, 0.717) is 5.75 Å². The molecule has 1 N–H and O–H groups in total. The molecule has 1 heterocycles. The van der Waals surface area contributed by atoms with Crippen molar-refractivity contribution in [2.75, 3.05) is 6.61 Å². The minimum Gasteiger partial charge on any atom is -0.492 e. The zero-order valence-electron chi connectivity index (χ0n) is 18.9. The fraction of sp³-hybridized carbons (Fsp3) is 0.667. The van der Waals surface area contributed by atoms with Crippen LogP contribution in [0.5, 0.6) is 11.5 Å². The van der Waals surface area contributed by atoms with Gasteiger partial charge in [-0.2, -0.15) is 8.42 Å². The fourth-order valence-electron chi connectivity index (χ4n) is 3.54. The second-order valence-corrected chi connectivity index (χ2v) is 10.8. The largest absolute Gasteiger partial charge is 0.492 e. The van der Waals surface area contributed by atoms with E-state index >= 15 is 0 Å². The Labute approximate surface area is 182 Å². The van der Waals surface area contributed by atoms with Crippen molar-refractivity contribution in [1.82, 2.24) is 0 Å². The van der Waals surface area contributed by atoms with E-state index in [0.717, 1.165) is 30.6 Å². The van der Waals surface area contributed by atoms with E-state index < -0.39 is 14.9 Å². The molecule has 30 heavy (non-hydrogen) atoms. The summed E-state index contributed by atoms with van der Waals surface area (Å²) < 4.78 is 43.4. The first-order chi connectivity index (χ1) is 14.1. The van der Waals surface area contributed by atoms with Gasteiger partial charge in [-0.1, -0.05) is 45.6 Å². The van der Waals surface area contributed by atoms with E-state index in [-0.39, 0.29) is 18.6 Å². The molecule has 2 rings (SSSR count). The molecular weight excluding hydrogens is 400 g/mol. The second kappa shape index (κ2) is 10.7. The van der Waals surface area contributed by atoms with Crippen LogP contribution in [0.3, 0.4) is 0 Å². The van der Waals surface area contributed by atoms with Gasteiger partial charge in [0.1, 0.15) is 28.5 Å². The van der Waals surface area contributed by atoms with E-state index in [1.54, 1.807) is 13.0 Å². The molecule has 0 fully saturated rings. The standard InChI is InChI=1S/C24H38O5S/c1-5-7-8-9-10-11-12-16-23(3)17-15-20-18-21(13-14-22(20)29-23)28-19-24(4,6-2)30(25,26)27/h12-14,16,18H,5-11,15,17,19H2,1-4H3,(H,25,26,27)/b16-12+. The van der Waals surface area contributed by atoms with Gasteiger partial charge in [0.15, 0.2) is 0 Å². The van der Waals surface area contributed by atoms with Crippen molar-refractivity contribution in [1.29, 1.82) is 0 Å². The van der Waals surface area contributed by atoms with Gasteiger partial charge in [0.05, 0.1) is 0 Å². The van der Waals surface area contributed by atoms with Gasteiger partial charge < -0.3 is 9.47 Å². The highest BCUT2D eigenvalue weighted by molar-refractivity contribution is 7.87. The summed E-state index contributed by atoms with van der Waals surface area (Å²) in [4.78, 5) is 0. The van der Waals surface area contributed by atoms with Gasteiger partial charge >= 0.3 is 0 Å². The number of aryl methyl sites for hydroxylation is 1. The van der Waals surface area contributed by atoms with E-state index in [9.17, 15) is 13.0 Å². The van der Waals surface area contributed by atoms with Crippen LogP contribution < -0.4 is 9.47 Å². The predicted octanol–water partition coefficient (Wildman–Crippen LogP) is 6.12. The van der Waals surface area contributed by atoms with Crippen molar-refractivity contribution in [3.63, 3.8) is 0 Å². The zero-order valence-corrected chi connectivity index (χ0v) is 19.8. The molecule has 6 heteroatoms. The predicted molar refractivity (Wildman–Crippen MR) is 122 cm³/mol. The van der Waals surface area contributed by atoms with Gasteiger partial charge in [-0.3, -0.25) is 4.55 Å². The maximum Gasteiger partial charge on any atom is 0.273 e. The Hall–Kier alpha value is -1.53. The molecule has 0 aromatic heterocycles. The second-order valence-electron chi connectivity index (χ2n) is 8.86. The summed E-state index contributed by atoms with van der Waals surface area (Å²) in [5.41, 5.74) is 0.757. The number of ether oxygens (including phenoxy) is 2. The molecule has 170 valence electrons. The van der Waals surface area contributed by atoms with Gasteiger partial charge in [-0.25, -0.2) is 0 Å². The highest BCUT2D eigenvalue weighted by atomic mass is 32.2. The first-order valence-corrected chi connectivity index (χ1v) is 12.7. The Morgan fingerprint density at radius 1 is 1.23 bits per heavy atom. The lowest BCUT2D eigenvalue weighted by Crippen LogP contribution is -2.40. The van der Waals surface area contributed by atoms with Crippen molar-refractivity contribution in [2.24, 2.45) is 0 Å². The monoisotopic (exact) mass is 438 g/mol. The normalized spacial score (nSPS) is 21.1. The van der Waals surface area contributed by atoms with Crippen LogP contribution in [0.25, 0.3) is 0 Å². The summed E-state index contributed by atoms with van der Waals surface area (Å²) in [6.07, 6.45) is 14.0. The third-order valence-corrected chi connectivity index (χ3v) is 7.78. The topological polar surface area (TPSA) is 72.8 Å². The molecular formula is C24H38O5S. The van der Waals surface area contributed by atoms with E-state index in [2.05, 4.69) is 26.0 Å². The van der Waals surface area contributed by atoms with Gasteiger partial charge in [0.25, 0.3) is 10.1 Å². The number of rotatable bonds is 12. The number of fused-ring (bicyclic) bond motifs is 1. The molecule has 0 spiro atoms. The van der Waals surface area contributed by atoms with Crippen molar-refractivity contribution < 1.29 is 22.4 Å². The molecule has 0 saturated heterocycles. The number of allylic oxidation sites excluding steroid dienone is 1. The van der Waals surface area contributed by atoms with Crippen molar-refractivity contribution >= 4 is 10.1 Å². The average molecular weight is 439 g/mol. The number of benzene rings is 1. The minimum atomic E-state index is -4.19.